The molecule has 5 rings (SSSR count). The van der Waals surface area contributed by atoms with Gasteiger partial charge in [0.2, 0.25) is 0 Å². The number of benzene rings is 2. The second kappa shape index (κ2) is 9.55. The number of carbonyl (C=O) groups is 1. The van der Waals surface area contributed by atoms with Crippen molar-refractivity contribution < 1.29 is 18.7 Å². The Bertz CT molecular complexity index is 1330. The van der Waals surface area contributed by atoms with E-state index in [4.69, 9.17) is 14.5 Å². The molecule has 33 heavy (non-hydrogen) atoms. The molecule has 0 amide bonds. The van der Waals surface area contributed by atoms with Crippen molar-refractivity contribution in [1.82, 2.24) is 4.98 Å². The number of fused-ring (bicyclic) bond motifs is 2. The van der Waals surface area contributed by atoms with E-state index in [1.165, 1.54) is 10.9 Å². The van der Waals surface area contributed by atoms with Gasteiger partial charge in [0.05, 0.1) is 16.8 Å². The number of nitrogens with zero attached hydrogens (tertiary/aromatic N) is 1. The van der Waals surface area contributed by atoms with Gasteiger partial charge in [-0.3, -0.25) is 0 Å². The van der Waals surface area contributed by atoms with Gasteiger partial charge in [0, 0.05) is 10.3 Å². The number of ether oxygens (including phenoxy) is 2. The lowest BCUT2D eigenvalue weighted by molar-refractivity contribution is 0.0449. The molecule has 0 N–H and O–H groups in total. The van der Waals surface area contributed by atoms with Crippen LogP contribution in [0, 0.1) is 5.82 Å². The molecule has 166 valence electrons. The SMILES string of the molecule is O=C(OCCOc1ccccc1F)c1c2c(nc3ccccc13)C(=Cc1cccs1)CCC2. The van der Waals surface area contributed by atoms with Crippen LogP contribution in [0.5, 0.6) is 5.75 Å². The quantitative estimate of drug-likeness (QED) is 0.242. The van der Waals surface area contributed by atoms with Crippen molar-refractivity contribution in [2.75, 3.05) is 13.2 Å². The number of halogens is 1. The molecular formula is C27H22FNO3S. The summed E-state index contributed by atoms with van der Waals surface area (Å²) in [5, 5.41) is 2.84. The van der Waals surface area contributed by atoms with Crippen molar-refractivity contribution in [2.24, 2.45) is 0 Å². The van der Waals surface area contributed by atoms with E-state index in [9.17, 15) is 9.18 Å². The first-order valence-electron chi connectivity index (χ1n) is 10.9. The maximum absolute atomic E-state index is 13.7. The standard InChI is InChI=1S/C27H22FNO3S/c28-22-11-2-4-13-24(22)31-14-15-32-27(30)25-20-9-1-3-12-23(20)29-26-18(7-5-10-21(25)26)17-19-8-6-16-33-19/h1-4,6,8-9,11-13,16-17H,5,7,10,14-15H2. The third-order valence-corrected chi connectivity index (χ3v) is 6.46. The van der Waals surface area contributed by atoms with Gasteiger partial charge in [-0.2, -0.15) is 0 Å². The highest BCUT2D eigenvalue weighted by molar-refractivity contribution is 7.10. The Hall–Kier alpha value is -3.51. The Labute approximate surface area is 195 Å². The summed E-state index contributed by atoms with van der Waals surface area (Å²) in [5.74, 6) is -0.703. The van der Waals surface area contributed by atoms with E-state index >= 15 is 0 Å². The Morgan fingerprint density at radius 1 is 1.03 bits per heavy atom. The Balaban J connectivity index is 1.43. The number of carbonyl (C=O) groups excluding carboxylic acids is 1. The lowest BCUT2D eigenvalue weighted by atomic mass is 9.86. The maximum Gasteiger partial charge on any atom is 0.339 e. The van der Waals surface area contributed by atoms with Crippen molar-refractivity contribution in [3.63, 3.8) is 0 Å². The fraction of sp³-hybridized carbons (Fsp3) is 0.185. The molecule has 4 aromatic rings. The van der Waals surface area contributed by atoms with E-state index in [2.05, 4.69) is 17.5 Å². The third-order valence-electron chi connectivity index (χ3n) is 5.64. The predicted octanol–water partition coefficient (Wildman–Crippen LogP) is 6.55. The van der Waals surface area contributed by atoms with E-state index in [0.717, 1.165) is 47.0 Å². The molecule has 2 aromatic heterocycles. The summed E-state index contributed by atoms with van der Waals surface area (Å²) < 4.78 is 24.7. The van der Waals surface area contributed by atoms with Gasteiger partial charge in [-0.25, -0.2) is 14.2 Å². The number of hydrogen-bond donors (Lipinski definition) is 0. The van der Waals surface area contributed by atoms with Crippen LogP contribution >= 0.6 is 11.3 Å². The second-order valence-electron chi connectivity index (χ2n) is 7.78. The molecule has 1 aliphatic rings. The van der Waals surface area contributed by atoms with E-state index in [0.29, 0.717) is 5.56 Å². The molecule has 0 spiro atoms. The minimum atomic E-state index is -0.442. The maximum atomic E-state index is 13.7. The molecule has 0 bridgehead atoms. The summed E-state index contributed by atoms with van der Waals surface area (Å²) in [6, 6.07) is 17.9. The largest absolute Gasteiger partial charge is 0.487 e. The van der Waals surface area contributed by atoms with Crippen molar-refractivity contribution in [3.8, 4) is 5.75 Å². The van der Waals surface area contributed by atoms with Crippen LogP contribution in [-0.2, 0) is 11.2 Å². The van der Waals surface area contributed by atoms with Crippen LogP contribution in [-0.4, -0.2) is 24.2 Å². The first-order valence-corrected chi connectivity index (χ1v) is 11.8. The smallest absolute Gasteiger partial charge is 0.339 e. The molecule has 0 saturated heterocycles. The van der Waals surface area contributed by atoms with Crippen molar-refractivity contribution in [1.29, 1.82) is 0 Å². The molecule has 0 fully saturated rings. The number of pyridine rings is 1. The minimum absolute atomic E-state index is 0.0243. The van der Waals surface area contributed by atoms with Crippen molar-refractivity contribution in [3.05, 3.63) is 93.6 Å². The highest BCUT2D eigenvalue weighted by Gasteiger charge is 2.26. The lowest BCUT2D eigenvalue weighted by Gasteiger charge is -2.22. The fourth-order valence-corrected chi connectivity index (χ4v) is 4.85. The average Bonchev–Trinajstić information content (AvgIpc) is 3.35. The van der Waals surface area contributed by atoms with Crippen LogP contribution in [0.4, 0.5) is 4.39 Å². The van der Waals surface area contributed by atoms with Gasteiger partial charge in [-0.1, -0.05) is 36.4 Å². The number of esters is 1. The van der Waals surface area contributed by atoms with Crippen LogP contribution in [0.15, 0.2) is 66.0 Å². The summed E-state index contributed by atoms with van der Waals surface area (Å²) >= 11 is 1.68. The average molecular weight is 460 g/mol. The molecule has 0 saturated carbocycles. The van der Waals surface area contributed by atoms with E-state index < -0.39 is 11.8 Å². The predicted molar refractivity (Wildman–Crippen MR) is 129 cm³/mol. The van der Waals surface area contributed by atoms with Gasteiger partial charge in [-0.15, -0.1) is 11.3 Å². The summed E-state index contributed by atoms with van der Waals surface area (Å²) in [6.07, 6.45) is 4.80. The van der Waals surface area contributed by atoms with E-state index in [-0.39, 0.29) is 19.0 Å². The van der Waals surface area contributed by atoms with Gasteiger partial charge in [0.25, 0.3) is 0 Å². The molecule has 0 aliphatic heterocycles. The number of hydrogen-bond acceptors (Lipinski definition) is 5. The summed E-state index contributed by atoms with van der Waals surface area (Å²) in [7, 11) is 0. The molecule has 2 heterocycles. The molecule has 6 heteroatoms. The van der Waals surface area contributed by atoms with Gasteiger partial charge < -0.3 is 9.47 Å². The fourth-order valence-electron chi connectivity index (χ4n) is 4.17. The van der Waals surface area contributed by atoms with Gasteiger partial charge in [0.15, 0.2) is 11.6 Å². The zero-order chi connectivity index (χ0) is 22.6. The Kier molecular flexibility index (Phi) is 6.17. The number of thiophene rings is 1. The van der Waals surface area contributed by atoms with Crippen LogP contribution in [0.2, 0.25) is 0 Å². The van der Waals surface area contributed by atoms with Crippen molar-refractivity contribution in [2.45, 2.75) is 19.3 Å². The van der Waals surface area contributed by atoms with Crippen LogP contribution in [0.1, 0.15) is 39.3 Å². The van der Waals surface area contributed by atoms with Crippen LogP contribution < -0.4 is 4.74 Å². The van der Waals surface area contributed by atoms with Crippen molar-refractivity contribution >= 4 is 39.9 Å². The van der Waals surface area contributed by atoms with Crippen LogP contribution in [0.25, 0.3) is 22.6 Å². The Morgan fingerprint density at radius 2 is 1.88 bits per heavy atom. The van der Waals surface area contributed by atoms with E-state index in [1.54, 1.807) is 29.5 Å². The molecule has 1 aliphatic carbocycles. The molecule has 0 radical (unpaired) electrons. The molecule has 4 nitrogen and oxygen atoms in total. The minimum Gasteiger partial charge on any atom is -0.487 e. The van der Waals surface area contributed by atoms with Crippen LogP contribution in [0.3, 0.4) is 0 Å². The highest BCUT2D eigenvalue weighted by Crippen LogP contribution is 2.36. The third kappa shape index (κ3) is 4.52. The summed E-state index contributed by atoms with van der Waals surface area (Å²) in [4.78, 5) is 19.3. The topological polar surface area (TPSA) is 48.4 Å². The molecular weight excluding hydrogens is 437 g/mol. The lowest BCUT2D eigenvalue weighted by Crippen LogP contribution is -2.18. The summed E-state index contributed by atoms with van der Waals surface area (Å²) in [6.45, 7) is 0.0951. The van der Waals surface area contributed by atoms with Gasteiger partial charge in [-0.05, 0) is 66.1 Å². The highest BCUT2D eigenvalue weighted by atomic mass is 32.1. The first kappa shape index (κ1) is 21.3. The van der Waals surface area contributed by atoms with Gasteiger partial charge in [0.1, 0.15) is 13.2 Å². The first-order chi connectivity index (χ1) is 16.2. The van der Waals surface area contributed by atoms with Gasteiger partial charge >= 0.3 is 5.97 Å². The summed E-state index contributed by atoms with van der Waals surface area (Å²) in [5.41, 5.74) is 4.29. The number of rotatable bonds is 6. The number of aromatic nitrogens is 1. The number of allylic oxidation sites excluding steroid dienone is 1. The normalized spacial score (nSPS) is 14.3. The molecule has 2 aromatic carbocycles. The zero-order valence-corrected chi connectivity index (χ0v) is 18.7. The van der Waals surface area contributed by atoms with E-state index in [1.807, 2.05) is 30.3 Å². The molecule has 0 atom stereocenters. The zero-order valence-electron chi connectivity index (χ0n) is 17.9. The number of para-hydroxylation sites is 2. The molecule has 0 unspecified atom stereocenters. The Morgan fingerprint density at radius 3 is 2.73 bits per heavy atom. The second-order valence-corrected chi connectivity index (χ2v) is 8.76. The monoisotopic (exact) mass is 459 g/mol.